The van der Waals surface area contributed by atoms with Crippen molar-refractivity contribution in [2.45, 2.75) is 74.3 Å². The highest BCUT2D eigenvalue weighted by atomic mass is 32.2. The van der Waals surface area contributed by atoms with E-state index < -0.39 is 6.17 Å². The highest BCUT2D eigenvalue weighted by Crippen LogP contribution is 2.33. The highest BCUT2D eigenvalue weighted by Gasteiger charge is 2.46. The van der Waals surface area contributed by atoms with Gasteiger partial charge in [-0.3, -0.25) is 5.73 Å². The number of hydrogen-bond donors (Lipinski definition) is 2. The molecule has 18 heavy (non-hydrogen) atoms. The van der Waals surface area contributed by atoms with E-state index in [9.17, 15) is 4.39 Å². The summed E-state index contributed by atoms with van der Waals surface area (Å²) in [6.07, 6.45) is 8.77. The molecule has 0 spiro atoms. The fraction of sp³-hybridized carbons (Fsp3) is 1.00. The summed E-state index contributed by atoms with van der Waals surface area (Å²) >= 11 is 1.99. The summed E-state index contributed by atoms with van der Waals surface area (Å²) in [5, 5.41) is 0.786. The van der Waals surface area contributed by atoms with E-state index in [-0.39, 0.29) is 5.50 Å². The third-order valence-corrected chi connectivity index (χ3v) is 6.62. The molecular formula is C14H26FN2S+. The fourth-order valence-corrected chi connectivity index (χ4v) is 5.81. The molecule has 0 amide bonds. The maximum absolute atomic E-state index is 13.5. The lowest BCUT2D eigenvalue weighted by atomic mass is 9.86. The topological polar surface area (TPSA) is 30.5 Å². The van der Waals surface area contributed by atoms with E-state index in [0.717, 1.165) is 37.1 Å². The van der Waals surface area contributed by atoms with Crippen LogP contribution in [0.1, 0.15) is 51.4 Å². The molecule has 1 heterocycles. The van der Waals surface area contributed by atoms with Gasteiger partial charge in [0.1, 0.15) is 12.2 Å². The van der Waals surface area contributed by atoms with Crippen LogP contribution in [0.5, 0.6) is 0 Å². The molecule has 104 valence electrons. The van der Waals surface area contributed by atoms with Gasteiger partial charge in [-0.2, -0.15) is 0 Å². The summed E-state index contributed by atoms with van der Waals surface area (Å²) in [4.78, 5) is 1.59. The fourth-order valence-electron chi connectivity index (χ4n) is 4.18. The van der Waals surface area contributed by atoms with E-state index in [4.69, 9.17) is 5.73 Å². The second-order valence-electron chi connectivity index (χ2n) is 6.40. The molecule has 3 aliphatic rings. The number of nitrogens with one attached hydrogen (secondary N) is 1. The van der Waals surface area contributed by atoms with Crippen molar-refractivity contribution in [3.8, 4) is 0 Å². The molecule has 6 atom stereocenters. The molecule has 0 aromatic carbocycles. The van der Waals surface area contributed by atoms with Crippen molar-refractivity contribution in [2.24, 2.45) is 11.7 Å². The van der Waals surface area contributed by atoms with Crippen LogP contribution in [0.4, 0.5) is 4.39 Å². The van der Waals surface area contributed by atoms with E-state index in [1.54, 1.807) is 4.90 Å². The minimum absolute atomic E-state index is 0.248. The average Bonchev–Trinajstić information content (AvgIpc) is 2.66. The van der Waals surface area contributed by atoms with Crippen LogP contribution >= 0.6 is 11.8 Å². The first-order chi connectivity index (χ1) is 8.74. The predicted molar refractivity (Wildman–Crippen MR) is 74.3 cm³/mol. The lowest BCUT2D eigenvalue weighted by molar-refractivity contribution is -0.933. The quantitative estimate of drug-likeness (QED) is 0.802. The number of thioether (sulfide) groups is 1. The molecule has 2 nitrogen and oxygen atoms in total. The number of nitrogens with two attached hydrogens (primary N) is 1. The van der Waals surface area contributed by atoms with Crippen LogP contribution in [-0.2, 0) is 0 Å². The smallest absolute Gasteiger partial charge is 0.187 e. The Balaban J connectivity index is 1.60. The number of rotatable bonds is 2. The van der Waals surface area contributed by atoms with Gasteiger partial charge in [-0.25, -0.2) is 4.39 Å². The van der Waals surface area contributed by atoms with Gasteiger partial charge in [0.05, 0.1) is 11.8 Å². The molecule has 4 heteroatoms. The molecule has 2 aliphatic carbocycles. The van der Waals surface area contributed by atoms with Crippen LogP contribution in [-0.4, -0.2) is 29.5 Å². The molecule has 0 aromatic heterocycles. The Labute approximate surface area is 114 Å². The summed E-state index contributed by atoms with van der Waals surface area (Å²) in [7, 11) is 0. The minimum Gasteiger partial charge on any atom is -0.308 e. The first-order valence-corrected chi connectivity index (χ1v) is 8.59. The number of quaternary nitrogens is 1. The summed E-state index contributed by atoms with van der Waals surface area (Å²) in [6, 6.07) is 0.763. The van der Waals surface area contributed by atoms with Gasteiger partial charge in [0.2, 0.25) is 0 Å². The highest BCUT2D eigenvalue weighted by molar-refractivity contribution is 8.00. The maximum Gasteiger partial charge on any atom is 0.187 e. The van der Waals surface area contributed by atoms with Crippen molar-refractivity contribution in [3.05, 3.63) is 0 Å². The van der Waals surface area contributed by atoms with Gasteiger partial charge in [0.15, 0.2) is 5.50 Å². The molecule has 2 saturated carbocycles. The number of hydrogen-bond acceptors (Lipinski definition) is 2. The van der Waals surface area contributed by atoms with E-state index in [1.165, 1.54) is 32.1 Å². The zero-order valence-corrected chi connectivity index (χ0v) is 11.9. The van der Waals surface area contributed by atoms with Gasteiger partial charge < -0.3 is 4.90 Å². The van der Waals surface area contributed by atoms with E-state index >= 15 is 0 Å². The Morgan fingerprint density at radius 2 is 1.94 bits per heavy atom. The van der Waals surface area contributed by atoms with Crippen LogP contribution < -0.4 is 10.6 Å². The summed E-state index contributed by atoms with van der Waals surface area (Å²) in [6.45, 7) is 1.12. The lowest BCUT2D eigenvalue weighted by Crippen LogP contribution is -3.19. The molecule has 1 saturated heterocycles. The lowest BCUT2D eigenvalue weighted by Gasteiger charge is -2.33. The summed E-state index contributed by atoms with van der Waals surface area (Å²) in [5.74, 6) is 0.580. The SMILES string of the molecule is NC1SC2CCCCC2[NH+]1CC1CCCC(F)C1. The van der Waals surface area contributed by atoms with Gasteiger partial charge in [0, 0.05) is 12.3 Å². The second kappa shape index (κ2) is 5.68. The zero-order valence-electron chi connectivity index (χ0n) is 11.1. The monoisotopic (exact) mass is 273 g/mol. The molecule has 0 bridgehead atoms. The number of halogens is 1. The molecule has 0 radical (unpaired) electrons. The van der Waals surface area contributed by atoms with Gasteiger partial charge in [0.25, 0.3) is 0 Å². The molecular weight excluding hydrogens is 247 g/mol. The van der Waals surface area contributed by atoms with Gasteiger partial charge >= 0.3 is 0 Å². The van der Waals surface area contributed by atoms with Gasteiger partial charge in [-0.15, -0.1) is 0 Å². The maximum atomic E-state index is 13.5. The standard InChI is InChI=1S/C14H25FN2S/c15-11-5-3-4-10(8-11)9-17-12-6-1-2-7-13(12)18-14(17)16/h10-14H,1-9,16H2/p+1. The molecule has 1 aliphatic heterocycles. The minimum atomic E-state index is -0.545. The van der Waals surface area contributed by atoms with Crippen molar-refractivity contribution in [2.75, 3.05) is 6.54 Å². The third kappa shape index (κ3) is 2.70. The Kier molecular flexibility index (Phi) is 4.16. The first kappa shape index (κ1) is 13.2. The van der Waals surface area contributed by atoms with Gasteiger partial charge in [-0.1, -0.05) is 24.6 Å². The molecule has 0 aromatic rings. The second-order valence-corrected chi connectivity index (χ2v) is 7.78. The largest absolute Gasteiger partial charge is 0.308 e. The van der Waals surface area contributed by atoms with Crippen molar-refractivity contribution < 1.29 is 9.29 Å². The number of fused-ring (bicyclic) bond motifs is 1. The van der Waals surface area contributed by atoms with Crippen LogP contribution in [0.25, 0.3) is 0 Å². The third-order valence-electron chi connectivity index (χ3n) is 5.11. The normalized spacial score (nSPS) is 49.0. The van der Waals surface area contributed by atoms with Crippen molar-refractivity contribution >= 4 is 11.8 Å². The van der Waals surface area contributed by atoms with Crippen molar-refractivity contribution in [1.82, 2.24) is 0 Å². The van der Waals surface area contributed by atoms with E-state index in [1.807, 2.05) is 11.8 Å². The molecule has 3 N–H and O–H groups in total. The van der Waals surface area contributed by atoms with E-state index in [0.29, 0.717) is 5.92 Å². The van der Waals surface area contributed by atoms with E-state index in [2.05, 4.69) is 0 Å². The molecule has 3 fully saturated rings. The Morgan fingerprint density at radius 3 is 2.78 bits per heavy atom. The number of alkyl halides is 1. The first-order valence-electron chi connectivity index (χ1n) is 7.64. The Bertz CT molecular complexity index is 289. The summed E-state index contributed by atoms with van der Waals surface area (Å²) < 4.78 is 13.5. The Hall–Kier alpha value is 0.200. The predicted octanol–water partition coefficient (Wildman–Crippen LogP) is 1.70. The summed E-state index contributed by atoms with van der Waals surface area (Å²) in [5.41, 5.74) is 6.57. The van der Waals surface area contributed by atoms with Crippen LogP contribution in [0.3, 0.4) is 0 Å². The molecule has 6 unspecified atom stereocenters. The Morgan fingerprint density at radius 1 is 1.11 bits per heavy atom. The van der Waals surface area contributed by atoms with Crippen molar-refractivity contribution in [1.29, 1.82) is 0 Å². The zero-order chi connectivity index (χ0) is 12.5. The van der Waals surface area contributed by atoms with Crippen LogP contribution in [0, 0.1) is 5.92 Å². The molecule has 3 rings (SSSR count). The average molecular weight is 273 g/mol. The van der Waals surface area contributed by atoms with Crippen molar-refractivity contribution in [3.63, 3.8) is 0 Å². The van der Waals surface area contributed by atoms with Crippen LogP contribution in [0.15, 0.2) is 0 Å². The van der Waals surface area contributed by atoms with Crippen LogP contribution in [0.2, 0.25) is 0 Å². The van der Waals surface area contributed by atoms with Gasteiger partial charge in [-0.05, 0) is 32.1 Å².